The van der Waals surface area contributed by atoms with Crippen molar-refractivity contribution in [2.24, 2.45) is 0 Å². The van der Waals surface area contributed by atoms with Crippen LogP contribution in [0.25, 0.3) is 0 Å². The molecule has 0 heterocycles. The van der Waals surface area contributed by atoms with Crippen LogP contribution in [0, 0.1) is 0 Å². The minimum Gasteiger partial charge on any atom is -0.497 e. The van der Waals surface area contributed by atoms with Gasteiger partial charge in [0, 0.05) is 9.50 Å². The molecular weight excluding hydrogens is 347 g/mol. The van der Waals surface area contributed by atoms with Gasteiger partial charge in [-0.15, -0.1) is 11.6 Å². The minimum atomic E-state index is -0.163. The van der Waals surface area contributed by atoms with Crippen LogP contribution in [-0.4, -0.2) is 7.11 Å². The molecule has 0 aromatic heterocycles. The van der Waals surface area contributed by atoms with E-state index in [0.717, 1.165) is 26.4 Å². The van der Waals surface area contributed by atoms with Gasteiger partial charge < -0.3 is 4.74 Å². The third-order valence-corrected chi connectivity index (χ3v) is 4.38. The van der Waals surface area contributed by atoms with Gasteiger partial charge in [0.05, 0.1) is 12.5 Å². The van der Waals surface area contributed by atoms with Crippen LogP contribution in [-0.2, 0) is 6.42 Å². The van der Waals surface area contributed by atoms with Crippen LogP contribution in [0.1, 0.15) is 16.5 Å². The number of alkyl halides is 1. The number of hydrogen-bond donors (Lipinski definition) is 0. The molecule has 1 unspecified atom stereocenters. The normalized spacial score (nSPS) is 12.2. The van der Waals surface area contributed by atoms with E-state index in [0.29, 0.717) is 6.42 Å². The molecule has 0 bridgehead atoms. The summed E-state index contributed by atoms with van der Waals surface area (Å²) in [5.41, 5.74) is 2.04. The number of ether oxygens (including phenoxy) is 1. The first-order chi connectivity index (χ1) is 9.11. The molecule has 0 amide bonds. The summed E-state index contributed by atoms with van der Waals surface area (Å²) < 4.78 is 6.20. The third-order valence-electron chi connectivity index (χ3n) is 2.90. The number of benzene rings is 2. The van der Waals surface area contributed by atoms with Gasteiger partial charge in [0.2, 0.25) is 0 Å². The Balaban J connectivity index is 2.25. The van der Waals surface area contributed by atoms with Gasteiger partial charge in [0.15, 0.2) is 0 Å². The quantitative estimate of drug-likeness (QED) is 0.642. The molecular formula is C15H13BrCl2O. The van der Waals surface area contributed by atoms with Gasteiger partial charge in [-0.05, 0) is 41.8 Å². The summed E-state index contributed by atoms with van der Waals surface area (Å²) in [5, 5.41) is 0.580. The second kappa shape index (κ2) is 6.65. The molecule has 1 nitrogen and oxygen atoms in total. The lowest BCUT2D eigenvalue weighted by Crippen LogP contribution is -1.98. The van der Waals surface area contributed by atoms with Crippen LogP contribution >= 0.6 is 39.1 Å². The Kier molecular flexibility index (Phi) is 5.14. The fraction of sp³-hybridized carbons (Fsp3) is 0.200. The number of halogens is 3. The summed E-state index contributed by atoms with van der Waals surface area (Å²) in [5.74, 6) is 0.794. The summed E-state index contributed by atoms with van der Waals surface area (Å²) in [7, 11) is 1.64. The fourth-order valence-corrected chi connectivity index (χ4v) is 3.07. The lowest BCUT2D eigenvalue weighted by Gasteiger charge is -2.14. The van der Waals surface area contributed by atoms with Gasteiger partial charge in [-0.3, -0.25) is 0 Å². The SMILES string of the molecule is COc1ccc(Br)c(C(Cl)Cc2ccccc2Cl)c1. The van der Waals surface area contributed by atoms with Crippen molar-refractivity contribution < 1.29 is 4.74 Å². The Morgan fingerprint density at radius 1 is 1.21 bits per heavy atom. The van der Waals surface area contributed by atoms with Crippen LogP contribution < -0.4 is 4.74 Å². The average Bonchev–Trinajstić information content (AvgIpc) is 2.42. The largest absolute Gasteiger partial charge is 0.497 e. The van der Waals surface area contributed by atoms with E-state index in [1.54, 1.807) is 7.11 Å². The Morgan fingerprint density at radius 3 is 2.63 bits per heavy atom. The van der Waals surface area contributed by atoms with E-state index in [4.69, 9.17) is 27.9 Å². The summed E-state index contributed by atoms with van der Waals surface area (Å²) in [6.07, 6.45) is 0.674. The van der Waals surface area contributed by atoms with Gasteiger partial charge in [-0.2, -0.15) is 0 Å². The van der Waals surface area contributed by atoms with Crippen molar-refractivity contribution >= 4 is 39.1 Å². The van der Waals surface area contributed by atoms with E-state index in [-0.39, 0.29) is 5.38 Å². The molecule has 0 aliphatic heterocycles. The molecule has 2 rings (SSSR count). The van der Waals surface area contributed by atoms with Gasteiger partial charge in [0.25, 0.3) is 0 Å². The molecule has 0 aliphatic carbocycles. The molecule has 0 fully saturated rings. The Labute approximate surface area is 131 Å². The van der Waals surface area contributed by atoms with Crippen molar-refractivity contribution in [2.75, 3.05) is 7.11 Å². The minimum absolute atomic E-state index is 0.163. The van der Waals surface area contributed by atoms with Crippen molar-refractivity contribution in [1.82, 2.24) is 0 Å². The lowest BCUT2D eigenvalue weighted by molar-refractivity contribution is 0.414. The van der Waals surface area contributed by atoms with Crippen LogP contribution in [0.3, 0.4) is 0 Å². The monoisotopic (exact) mass is 358 g/mol. The average molecular weight is 360 g/mol. The first kappa shape index (κ1) is 14.7. The standard InChI is InChI=1S/C15H13BrCl2O/c1-19-11-6-7-13(16)12(9-11)15(18)8-10-4-2-3-5-14(10)17/h2-7,9,15H,8H2,1H3. The molecule has 2 aromatic rings. The highest BCUT2D eigenvalue weighted by Crippen LogP contribution is 2.34. The molecule has 4 heteroatoms. The van der Waals surface area contributed by atoms with Gasteiger partial charge in [-0.25, -0.2) is 0 Å². The predicted molar refractivity (Wildman–Crippen MR) is 84.4 cm³/mol. The number of rotatable bonds is 4. The molecule has 19 heavy (non-hydrogen) atoms. The van der Waals surface area contributed by atoms with Crippen molar-refractivity contribution in [3.8, 4) is 5.75 Å². The number of methoxy groups -OCH3 is 1. The smallest absolute Gasteiger partial charge is 0.119 e. The molecule has 2 aromatic carbocycles. The van der Waals surface area contributed by atoms with E-state index < -0.39 is 0 Å². The van der Waals surface area contributed by atoms with Gasteiger partial charge >= 0.3 is 0 Å². The first-order valence-electron chi connectivity index (χ1n) is 5.82. The third kappa shape index (κ3) is 3.65. The summed E-state index contributed by atoms with van der Waals surface area (Å²) in [4.78, 5) is 0. The second-order valence-corrected chi connectivity index (χ2v) is 5.94. The summed E-state index contributed by atoms with van der Waals surface area (Å²) >= 11 is 16.2. The molecule has 1 atom stereocenters. The van der Waals surface area contributed by atoms with E-state index in [1.807, 2.05) is 42.5 Å². The zero-order valence-corrected chi connectivity index (χ0v) is 13.5. The van der Waals surface area contributed by atoms with Crippen molar-refractivity contribution in [3.05, 3.63) is 63.1 Å². The summed E-state index contributed by atoms with van der Waals surface area (Å²) in [6, 6.07) is 13.5. The van der Waals surface area contributed by atoms with Crippen molar-refractivity contribution in [3.63, 3.8) is 0 Å². The van der Waals surface area contributed by atoms with Gasteiger partial charge in [-0.1, -0.05) is 45.7 Å². The van der Waals surface area contributed by atoms with Crippen molar-refractivity contribution in [1.29, 1.82) is 0 Å². The molecule has 100 valence electrons. The van der Waals surface area contributed by atoms with Crippen LogP contribution in [0.4, 0.5) is 0 Å². The predicted octanol–water partition coefficient (Wildman–Crippen LogP) is 5.63. The lowest BCUT2D eigenvalue weighted by atomic mass is 10.0. The first-order valence-corrected chi connectivity index (χ1v) is 7.43. The molecule has 0 radical (unpaired) electrons. The zero-order chi connectivity index (χ0) is 13.8. The fourth-order valence-electron chi connectivity index (χ4n) is 1.86. The van der Waals surface area contributed by atoms with Crippen LogP contribution in [0.2, 0.25) is 5.02 Å². The highest BCUT2D eigenvalue weighted by Gasteiger charge is 2.14. The molecule has 0 saturated carbocycles. The highest BCUT2D eigenvalue weighted by atomic mass is 79.9. The topological polar surface area (TPSA) is 9.23 Å². The second-order valence-electron chi connectivity index (χ2n) is 4.15. The molecule has 0 aliphatic rings. The van der Waals surface area contributed by atoms with Crippen LogP contribution in [0.15, 0.2) is 46.9 Å². The van der Waals surface area contributed by atoms with Crippen molar-refractivity contribution in [2.45, 2.75) is 11.8 Å². The summed E-state index contributed by atoms with van der Waals surface area (Å²) in [6.45, 7) is 0. The Hall–Kier alpha value is -0.700. The highest BCUT2D eigenvalue weighted by molar-refractivity contribution is 9.10. The number of hydrogen-bond acceptors (Lipinski definition) is 1. The maximum atomic E-state index is 6.50. The Bertz CT molecular complexity index is 572. The molecule has 0 N–H and O–H groups in total. The molecule has 0 saturated heterocycles. The van der Waals surface area contributed by atoms with E-state index in [9.17, 15) is 0 Å². The van der Waals surface area contributed by atoms with E-state index in [2.05, 4.69) is 15.9 Å². The zero-order valence-electron chi connectivity index (χ0n) is 10.4. The van der Waals surface area contributed by atoms with E-state index >= 15 is 0 Å². The Morgan fingerprint density at radius 2 is 1.95 bits per heavy atom. The maximum absolute atomic E-state index is 6.50. The van der Waals surface area contributed by atoms with E-state index in [1.165, 1.54) is 0 Å². The maximum Gasteiger partial charge on any atom is 0.119 e. The van der Waals surface area contributed by atoms with Crippen LogP contribution in [0.5, 0.6) is 5.75 Å². The molecule has 0 spiro atoms. The van der Waals surface area contributed by atoms with Gasteiger partial charge in [0.1, 0.15) is 5.75 Å².